The van der Waals surface area contributed by atoms with E-state index in [2.05, 4.69) is 16.4 Å². The number of amides is 2. The van der Waals surface area contributed by atoms with Gasteiger partial charge in [0.25, 0.3) is 0 Å². The van der Waals surface area contributed by atoms with E-state index in [0.717, 1.165) is 21.8 Å². The molecule has 21 heavy (non-hydrogen) atoms. The smallest absolute Gasteiger partial charge is 0.324 e. The number of benzene rings is 1. The summed E-state index contributed by atoms with van der Waals surface area (Å²) in [5, 5.41) is 3.36. The van der Waals surface area contributed by atoms with Gasteiger partial charge in [-0.15, -0.1) is 11.3 Å². The predicted molar refractivity (Wildman–Crippen MR) is 86.2 cm³/mol. The molecule has 2 heterocycles. The molecule has 1 aromatic carbocycles. The van der Waals surface area contributed by atoms with Crippen LogP contribution in [0.2, 0.25) is 4.47 Å². The van der Waals surface area contributed by atoms with Crippen molar-refractivity contribution in [3.05, 3.63) is 39.3 Å². The molecule has 0 radical (unpaired) electrons. The largest absolute Gasteiger partial charge is 0.380 e. The zero-order valence-electron chi connectivity index (χ0n) is 11.8. The lowest BCUT2D eigenvalue weighted by Gasteiger charge is -2.32. The van der Waals surface area contributed by atoms with E-state index in [0.29, 0.717) is 17.6 Å². The van der Waals surface area contributed by atoms with E-state index in [-0.39, 0.29) is 6.03 Å². The zero-order valence-corrected chi connectivity index (χ0v) is 13.3. The SMILES string of the molecule is CN1Cc2cc(NCc3cnc(Cl)s3)ccc2N(C)C1=O. The Morgan fingerprint density at radius 3 is 2.95 bits per heavy atom. The van der Waals surface area contributed by atoms with Crippen molar-refractivity contribution in [2.45, 2.75) is 13.1 Å². The highest BCUT2D eigenvalue weighted by molar-refractivity contribution is 7.15. The molecule has 1 aliphatic rings. The number of urea groups is 1. The summed E-state index contributed by atoms with van der Waals surface area (Å²) in [7, 11) is 3.60. The lowest BCUT2D eigenvalue weighted by molar-refractivity contribution is 0.212. The van der Waals surface area contributed by atoms with Crippen molar-refractivity contribution in [1.29, 1.82) is 0 Å². The second-order valence-electron chi connectivity index (χ2n) is 4.97. The molecule has 2 amide bonds. The Hall–Kier alpha value is -1.79. The van der Waals surface area contributed by atoms with Crippen LogP contribution in [0.25, 0.3) is 0 Å². The highest BCUT2D eigenvalue weighted by atomic mass is 35.5. The lowest BCUT2D eigenvalue weighted by Crippen LogP contribution is -2.42. The predicted octanol–water partition coefficient (Wildman–Crippen LogP) is 3.41. The molecule has 110 valence electrons. The number of aromatic nitrogens is 1. The first kappa shape index (κ1) is 14.2. The molecule has 0 saturated carbocycles. The second-order valence-corrected chi connectivity index (χ2v) is 6.67. The number of nitrogens with zero attached hydrogens (tertiary/aromatic N) is 3. The molecule has 0 atom stereocenters. The highest BCUT2D eigenvalue weighted by Gasteiger charge is 2.24. The Bertz CT molecular complexity index is 687. The van der Waals surface area contributed by atoms with Gasteiger partial charge in [-0.25, -0.2) is 9.78 Å². The van der Waals surface area contributed by atoms with Gasteiger partial charge in [0.1, 0.15) is 0 Å². The summed E-state index contributed by atoms with van der Waals surface area (Å²) in [4.78, 5) is 20.4. The molecule has 0 bridgehead atoms. The lowest BCUT2D eigenvalue weighted by atomic mass is 10.1. The molecule has 0 fully saturated rings. The van der Waals surface area contributed by atoms with Gasteiger partial charge in [0, 0.05) is 37.4 Å². The molecule has 1 N–H and O–H groups in total. The summed E-state index contributed by atoms with van der Waals surface area (Å²) in [6.07, 6.45) is 1.78. The van der Waals surface area contributed by atoms with E-state index in [4.69, 9.17) is 11.6 Å². The van der Waals surface area contributed by atoms with Gasteiger partial charge < -0.3 is 10.2 Å². The molecule has 7 heteroatoms. The van der Waals surface area contributed by atoms with Crippen LogP contribution in [0.1, 0.15) is 10.4 Å². The van der Waals surface area contributed by atoms with Crippen molar-refractivity contribution in [2.75, 3.05) is 24.3 Å². The van der Waals surface area contributed by atoms with Crippen molar-refractivity contribution >= 4 is 40.3 Å². The fourth-order valence-corrected chi connectivity index (χ4v) is 3.30. The van der Waals surface area contributed by atoms with Crippen LogP contribution < -0.4 is 10.2 Å². The first-order chi connectivity index (χ1) is 10.0. The van der Waals surface area contributed by atoms with Crippen LogP contribution >= 0.6 is 22.9 Å². The van der Waals surface area contributed by atoms with E-state index in [9.17, 15) is 4.79 Å². The number of hydrogen-bond donors (Lipinski definition) is 1. The molecular formula is C14H15ClN4OS. The van der Waals surface area contributed by atoms with Crippen LogP contribution in [-0.2, 0) is 13.1 Å². The van der Waals surface area contributed by atoms with E-state index >= 15 is 0 Å². The Balaban J connectivity index is 1.77. The number of thiazole rings is 1. The fraction of sp³-hybridized carbons (Fsp3) is 0.286. The third-order valence-electron chi connectivity index (χ3n) is 3.45. The highest BCUT2D eigenvalue weighted by Crippen LogP contribution is 2.29. The second kappa shape index (κ2) is 5.54. The quantitative estimate of drug-likeness (QED) is 0.942. The van der Waals surface area contributed by atoms with Crippen LogP contribution in [0.4, 0.5) is 16.2 Å². The van der Waals surface area contributed by atoms with Gasteiger partial charge >= 0.3 is 6.03 Å². The van der Waals surface area contributed by atoms with Crippen LogP contribution in [0.5, 0.6) is 0 Å². The summed E-state index contributed by atoms with van der Waals surface area (Å²) in [6, 6.07) is 6.05. The summed E-state index contributed by atoms with van der Waals surface area (Å²) in [5.74, 6) is 0. The van der Waals surface area contributed by atoms with Gasteiger partial charge in [-0.05, 0) is 23.8 Å². The first-order valence-electron chi connectivity index (χ1n) is 6.50. The number of carbonyl (C=O) groups is 1. The molecule has 0 aliphatic carbocycles. The standard InChI is InChI=1S/C14H15ClN4OS/c1-18-8-9-5-10(3-4-12(9)19(2)14(18)20)16-6-11-7-17-13(15)21-11/h3-5,7,16H,6,8H2,1-2H3. The van der Waals surface area contributed by atoms with Crippen LogP contribution in [0.15, 0.2) is 24.4 Å². The minimum atomic E-state index is 0.0162. The van der Waals surface area contributed by atoms with Gasteiger partial charge in [-0.1, -0.05) is 11.6 Å². The number of hydrogen-bond acceptors (Lipinski definition) is 4. The maximum atomic E-state index is 11.9. The third kappa shape index (κ3) is 2.82. The number of anilines is 2. The van der Waals surface area contributed by atoms with Crippen molar-refractivity contribution in [3.63, 3.8) is 0 Å². The first-order valence-corrected chi connectivity index (χ1v) is 7.70. The van der Waals surface area contributed by atoms with Gasteiger partial charge in [0.2, 0.25) is 0 Å². The molecular weight excluding hydrogens is 308 g/mol. The third-order valence-corrected chi connectivity index (χ3v) is 4.57. The van der Waals surface area contributed by atoms with Gasteiger partial charge in [0.05, 0.1) is 12.2 Å². The van der Waals surface area contributed by atoms with Gasteiger partial charge in [0.15, 0.2) is 4.47 Å². The van der Waals surface area contributed by atoms with Crippen molar-refractivity contribution < 1.29 is 4.79 Å². The topological polar surface area (TPSA) is 48.5 Å². The van der Waals surface area contributed by atoms with Gasteiger partial charge in [-0.3, -0.25) is 4.90 Å². The number of carbonyl (C=O) groups excluding carboxylic acids is 1. The van der Waals surface area contributed by atoms with E-state index < -0.39 is 0 Å². The Morgan fingerprint density at radius 2 is 2.24 bits per heavy atom. The normalized spacial score (nSPS) is 14.3. The summed E-state index contributed by atoms with van der Waals surface area (Å²) >= 11 is 7.29. The number of nitrogens with one attached hydrogen (secondary N) is 1. The number of rotatable bonds is 3. The van der Waals surface area contributed by atoms with E-state index in [1.54, 1.807) is 30.1 Å². The average molecular weight is 323 g/mol. The van der Waals surface area contributed by atoms with Crippen LogP contribution in [0, 0.1) is 0 Å². The molecule has 0 saturated heterocycles. The van der Waals surface area contributed by atoms with Crippen LogP contribution in [-0.4, -0.2) is 30.0 Å². The molecule has 2 aromatic rings. The molecule has 5 nitrogen and oxygen atoms in total. The Morgan fingerprint density at radius 1 is 1.43 bits per heavy atom. The molecule has 1 aliphatic heterocycles. The molecule has 1 aromatic heterocycles. The van der Waals surface area contributed by atoms with Crippen molar-refractivity contribution in [1.82, 2.24) is 9.88 Å². The van der Waals surface area contributed by atoms with Crippen molar-refractivity contribution in [2.24, 2.45) is 0 Å². The average Bonchev–Trinajstić information content (AvgIpc) is 2.88. The van der Waals surface area contributed by atoms with Crippen LogP contribution in [0.3, 0.4) is 0 Å². The molecule has 0 unspecified atom stereocenters. The Labute approximate surface area is 132 Å². The molecule has 0 spiro atoms. The maximum Gasteiger partial charge on any atom is 0.324 e. The van der Waals surface area contributed by atoms with Gasteiger partial charge in [-0.2, -0.15) is 0 Å². The summed E-state index contributed by atoms with van der Waals surface area (Å²) in [5.41, 5.74) is 3.12. The number of halogens is 1. The summed E-state index contributed by atoms with van der Waals surface area (Å²) < 4.78 is 0.555. The van der Waals surface area contributed by atoms with Crippen molar-refractivity contribution in [3.8, 4) is 0 Å². The monoisotopic (exact) mass is 322 g/mol. The van der Waals surface area contributed by atoms with E-state index in [1.807, 2.05) is 12.1 Å². The zero-order chi connectivity index (χ0) is 15.0. The summed E-state index contributed by atoms with van der Waals surface area (Å²) in [6.45, 7) is 1.31. The minimum absolute atomic E-state index is 0.0162. The minimum Gasteiger partial charge on any atom is -0.380 e. The fourth-order valence-electron chi connectivity index (χ4n) is 2.39. The van der Waals surface area contributed by atoms with E-state index in [1.165, 1.54) is 11.3 Å². The Kier molecular flexibility index (Phi) is 3.73. The molecule has 3 rings (SSSR count). The number of fused-ring (bicyclic) bond motifs is 1. The maximum absolute atomic E-state index is 11.9.